The summed E-state index contributed by atoms with van der Waals surface area (Å²) in [4.78, 5) is 16.7. The Labute approximate surface area is 131 Å². The Morgan fingerprint density at radius 1 is 1.23 bits per heavy atom. The molecule has 7 heteroatoms. The maximum atomic E-state index is 12.8. The monoisotopic (exact) mass is 322 g/mol. The fraction of sp³-hybridized carbons (Fsp3) is 0.0667. The molecule has 0 saturated carbocycles. The molecule has 0 fully saturated rings. The summed E-state index contributed by atoms with van der Waals surface area (Å²) in [5, 5.41) is 3.88. The van der Waals surface area contributed by atoms with Crippen LogP contribution >= 0.6 is 11.6 Å². The number of oxime groups is 1. The molecule has 0 aliphatic carbocycles. The molecule has 0 bridgehead atoms. The molecule has 22 heavy (non-hydrogen) atoms. The van der Waals surface area contributed by atoms with Gasteiger partial charge in [-0.2, -0.15) is 0 Å². The third-order valence-electron chi connectivity index (χ3n) is 2.75. The van der Waals surface area contributed by atoms with Crippen LogP contribution in [0.2, 0.25) is 5.02 Å². The van der Waals surface area contributed by atoms with Gasteiger partial charge in [-0.05, 0) is 42.5 Å². The molecule has 0 aromatic heterocycles. The van der Waals surface area contributed by atoms with Crippen LogP contribution in [-0.4, -0.2) is 18.9 Å². The van der Waals surface area contributed by atoms with Gasteiger partial charge in [0.1, 0.15) is 17.1 Å². The van der Waals surface area contributed by atoms with Crippen LogP contribution in [0.15, 0.2) is 47.6 Å². The average Bonchev–Trinajstić information content (AvgIpc) is 2.53. The van der Waals surface area contributed by atoms with Gasteiger partial charge in [0.15, 0.2) is 5.84 Å². The van der Waals surface area contributed by atoms with Crippen molar-refractivity contribution in [3.05, 3.63) is 64.4 Å². The van der Waals surface area contributed by atoms with Crippen LogP contribution in [0.1, 0.15) is 15.9 Å². The summed E-state index contributed by atoms with van der Waals surface area (Å²) < 4.78 is 17.9. The van der Waals surface area contributed by atoms with E-state index < -0.39 is 11.8 Å². The molecule has 0 unspecified atom stereocenters. The lowest BCUT2D eigenvalue weighted by atomic mass is 10.2. The van der Waals surface area contributed by atoms with Crippen molar-refractivity contribution in [3.8, 4) is 5.75 Å². The molecule has 0 aliphatic rings. The molecule has 0 saturated heterocycles. The highest BCUT2D eigenvalue weighted by Crippen LogP contribution is 2.23. The predicted molar refractivity (Wildman–Crippen MR) is 80.5 cm³/mol. The number of hydrogen-bond acceptors (Lipinski definition) is 4. The lowest BCUT2D eigenvalue weighted by Gasteiger charge is -2.06. The molecule has 0 heterocycles. The first-order valence-electron chi connectivity index (χ1n) is 6.15. The number of nitrogens with zero attached hydrogens (tertiary/aromatic N) is 1. The summed E-state index contributed by atoms with van der Waals surface area (Å²) in [5.41, 5.74) is 6.20. The maximum absolute atomic E-state index is 12.8. The van der Waals surface area contributed by atoms with Gasteiger partial charge in [-0.1, -0.05) is 16.8 Å². The van der Waals surface area contributed by atoms with Crippen molar-refractivity contribution in [2.24, 2.45) is 10.9 Å². The highest BCUT2D eigenvalue weighted by Gasteiger charge is 2.15. The van der Waals surface area contributed by atoms with Gasteiger partial charge in [0.2, 0.25) is 0 Å². The lowest BCUT2D eigenvalue weighted by molar-refractivity contribution is 0.0512. The van der Waals surface area contributed by atoms with Crippen molar-refractivity contribution in [1.82, 2.24) is 0 Å². The van der Waals surface area contributed by atoms with Crippen LogP contribution in [0.5, 0.6) is 5.75 Å². The normalized spacial score (nSPS) is 11.1. The van der Waals surface area contributed by atoms with Crippen LogP contribution in [0.3, 0.4) is 0 Å². The Morgan fingerprint density at radius 2 is 1.91 bits per heavy atom. The van der Waals surface area contributed by atoms with Crippen molar-refractivity contribution in [2.75, 3.05) is 7.11 Å². The molecule has 5 nitrogen and oxygen atoms in total. The third-order valence-corrected chi connectivity index (χ3v) is 2.98. The fourth-order valence-corrected chi connectivity index (χ4v) is 1.82. The Kier molecular flexibility index (Phi) is 4.95. The van der Waals surface area contributed by atoms with Crippen molar-refractivity contribution in [1.29, 1.82) is 0 Å². The molecule has 0 spiro atoms. The van der Waals surface area contributed by atoms with Gasteiger partial charge in [-0.25, -0.2) is 9.18 Å². The molecule has 0 amide bonds. The highest BCUT2D eigenvalue weighted by atomic mass is 35.5. The van der Waals surface area contributed by atoms with Gasteiger partial charge in [-0.3, -0.25) is 0 Å². The maximum Gasteiger partial charge on any atom is 0.369 e. The van der Waals surface area contributed by atoms with Gasteiger partial charge < -0.3 is 15.3 Å². The topological polar surface area (TPSA) is 73.9 Å². The number of benzene rings is 2. The van der Waals surface area contributed by atoms with E-state index in [1.165, 1.54) is 43.5 Å². The Balaban J connectivity index is 2.17. The summed E-state index contributed by atoms with van der Waals surface area (Å²) in [7, 11) is 1.41. The lowest BCUT2D eigenvalue weighted by Crippen LogP contribution is -2.15. The summed E-state index contributed by atoms with van der Waals surface area (Å²) in [6.45, 7) is 0. The Morgan fingerprint density at radius 3 is 2.55 bits per heavy atom. The number of carbonyl (C=O) groups is 1. The largest absolute Gasteiger partial charge is 0.496 e. The molecule has 0 aliphatic heterocycles. The molecule has 114 valence electrons. The Hall–Kier alpha value is -2.60. The first kappa shape index (κ1) is 15.8. The van der Waals surface area contributed by atoms with Gasteiger partial charge in [0.25, 0.3) is 0 Å². The number of nitrogens with two attached hydrogens (primary N) is 1. The minimum absolute atomic E-state index is 0.0608. The molecule has 2 rings (SSSR count). The quantitative estimate of drug-likeness (QED) is 0.406. The van der Waals surface area contributed by atoms with Gasteiger partial charge in [0.05, 0.1) is 7.11 Å². The molecule has 0 radical (unpaired) electrons. The molecule has 0 atom stereocenters. The zero-order valence-corrected chi connectivity index (χ0v) is 12.3. The van der Waals surface area contributed by atoms with Gasteiger partial charge >= 0.3 is 5.97 Å². The summed E-state index contributed by atoms with van der Waals surface area (Å²) >= 11 is 5.83. The minimum atomic E-state index is -0.774. The summed E-state index contributed by atoms with van der Waals surface area (Å²) in [5.74, 6) is -0.944. The number of rotatable bonds is 4. The first-order chi connectivity index (χ1) is 10.5. The number of halogens is 2. The Bertz CT molecular complexity index is 717. The zero-order valence-electron chi connectivity index (χ0n) is 11.5. The van der Waals surface area contributed by atoms with Gasteiger partial charge in [-0.15, -0.1) is 0 Å². The first-order valence-corrected chi connectivity index (χ1v) is 6.53. The van der Waals surface area contributed by atoms with Crippen LogP contribution < -0.4 is 10.5 Å². The fourth-order valence-electron chi connectivity index (χ4n) is 1.65. The molecule has 2 N–H and O–H groups in total. The standard InChI is InChI=1S/C15H12ClFN2O3/c1-21-13-7-4-10(16)8-12(13)15(20)22-19-14(18)9-2-5-11(17)6-3-9/h2-8H,1H3,(H2,18,19). The van der Waals surface area contributed by atoms with Gasteiger partial charge in [0, 0.05) is 10.6 Å². The predicted octanol–water partition coefficient (Wildman–Crippen LogP) is 2.97. The second kappa shape index (κ2) is 6.91. The highest BCUT2D eigenvalue weighted by molar-refractivity contribution is 6.31. The number of amidine groups is 1. The van der Waals surface area contributed by atoms with Crippen molar-refractivity contribution in [2.45, 2.75) is 0 Å². The van der Waals surface area contributed by atoms with Crippen molar-refractivity contribution in [3.63, 3.8) is 0 Å². The second-order valence-electron chi connectivity index (χ2n) is 4.21. The smallest absolute Gasteiger partial charge is 0.369 e. The van der Waals surface area contributed by atoms with Crippen LogP contribution in [0.4, 0.5) is 4.39 Å². The van der Waals surface area contributed by atoms with Crippen molar-refractivity contribution >= 4 is 23.4 Å². The average molecular weight is 323 g/mol. The summed E-state index contributed by atoms with van der Waals surface area (Å²) in [6.07, 6.45) is 0. The van der Waals surface area contributed by atoms with Crippen LogP contribution in [0, 0.1) is 5.82 Å². The van der Waals surface area contributed by atoms with E-state index in [4.69, 9.17) is 26.9 Å². The number of carbonyl (C=O) groups excluding carboxylic acids is 1. The second-order valence-corrected chi connectivity index (χ2v) is 4.64. The number of hydrogen-bond donors (Lipinski definition) is 1. The van der Waals surface area contributed by atoms with E-state index in [0.29, 0.717) is 16.3 Å². The minimum Gasteiger partial charge on any atom is -0.496 e. The van der Waals surface area contributed by atoms with E-state index in [1.54, 1.807) is 6.07 Å². The molecular weight excluding hydrogens is 311 g/mol. The van der Waals surface area contributed by atoms with Crippen molar-refractivity contribution < 1.29 is 18.8 Å². The van der Waals surface area contributed by atoms with E-state index >= 15 is 0 Å². The van der Waals surface area contributed by atoms with E-state index in [9.17, 15) is 9.18 Å². The molecular formula is C15H12ClFN2O3. The zero-order chi connectivity index (χ0) is 16.1. The number of ether oxygens (including phenoxy) is 1. The van der Waals surface area contributed by atoms with E-state index in [1.807, 2.05) is 0 Å². The summed E-state index contributed by atoms with van der Waals surface area (Å²) in [6, 6.07) is 9.79. The van der Waals surface area contributed by atoms with E-state index in [-0.39, 0.29) is 11.4 Å². The van der Waals surface area contributed by atoms with E-state index in [2.05, 4.69) is 5.16 Å². The van der Waals surface area contributed by atoms with Crippen LogP contribution in [0.25, 0.3) is 0 Å². The van der Waals surface area contributed by atoms with Crippen LogP contribution in [-0.2, 0) is 4.84 Å². The third kappa shape index (κ3) is 3.73. The molecule has 2 aromatic carbocycles. The van der Waals surface area contributed by atoms with E-state index in [0.717, 1.165) is 0 Å². The number of methoxy groups -OCH3 is 1. The molecule has 2 aromatic rings. The SMILES string of the molecule is COc1ccc(Cl)cc1C(=O)O/N=C(\N)c1ccc(F)cc1.